The third kappa shape index (κ3) is 1.05. The third-order valence-corrected chi connectivity index (χ3v) is 6.69. The molecule has 0 saturated heterocycles. The van der Waals surface area contributed by atoms with E-state index in [1.807, 2.05) is 0 Å². The third-order valence-electron chi connectivity index (χ3n) is 6.69. The standard InChI is InChI=1S/C14H21NO2/c15-6-14(5-11(16)17)9-3-1-2-7-8-4-10(14)13(9)12(7)8/h7-10,12-13H,1-6,15H2,(H,16,17). The highest BCUT2D eigenvalue weighted by molar-refractivity contribution is 5.68. The number of hydrogen-bond donors (Lipinski definition) is 2. The Balaban J connectivity index is 1.67. The summed E-state index contributed by atoms with van der Waals surface area (Å²) in [6.45, 7) is 0.592. The molecule has 7 atom stereocenters. The lowest BCUT2D eigenvalue weighted by molar-refractivity contribution is -0.159. The zero-order valence-corrected chi connectivity index (χ0v) is 10.1. The van der Waals surface area contributed by atoms with E-state index in [2.05, 4.69) is 0 Å². The highest BCUT2D eigenvalue weighted by Crippen LogP contribution is 2.79. The van der Waals surface area contributed by atoms with Crippen LogP contribution in [0.5, 0.6) is 0 Å². The lowest BCUT2D eigenvalue weighted by Gasteiger charge is -2.60. The first-order chi connectivity index (χ1) is 8.19. The molecule has 4 rings (SSSR count). The molecule has 7 unspecified atom stereocenters. The van der Waals surface area contributed by atoms with Gasteiger partial charge < -0.3 is 10.8 Å². The first-order valence-electron chi connectivity index (χ1n) is 7.11. The first-order valence-corrected chi connectivity index (χ1v) is 7.11. The van der Waals surface area contributed by atoms with Crippen molar-refractivity contribution in [3.8, 4) is 0 Å². The van der Waals surface area contributed by atoms with E-state index >= 15 is 0 Å². The first kappa shape index (κ1) is 10.4. The van der Waals surface area contributed by atoms with E-state index in [1.54, 1.807) is 0 Å². The van der Waals surface area contributed by atoms with E-state index in [-0.39, 0.29) is 5.41 Å². The van der Waals surface area contributed by atoms with Crippen molar-refractivity contribution in [2.24, 2.45) is 46.7 Å². The van der Waals surface area contributed by atoms with Crippen molar-refractivity contribution in [2.45, 2.75) is 32.1 Å². The van der Waals surface area contributed by atoms with Crippen LogP contribution in [0.15, 0.2) is 0 Å². The number of hydrogen-bond acceptors (Lipinski definition) is 2. The largest absolute Gasteiger partial charge is 0.481 e. The summed E-state index contributed by atoms with van der Waals surface area (Å²) in [4.78, 5) is 11.2. The second kappa shape index (κ2) is 3.05. The second-order valence-electron chi connectivity index (χ2n) is 6.87. The summed E-state index contributed by atoms with van der Waals surface area (Å²) in [7, 11) is 0. The predicted octanol–water partition coefficient (Wildman–Crippen LogP) is 1.72. The zero-order chi connectivity index (χ0) is 11.8. The molecule has 4 fully saturated rings. The molecular formula is C14H21NO2. The average molecular weight is 235 g/mol. The van der Waals surface area contributed by atoms with Gasteiger partial charge in [-0.1, -0.05) is 6.42 Å². The van der Waals surface area contributed by atoms with Crippen LogP contribution in [0.2, 0.25) is 0 Å². The van der Waals surface area contributed by atoms with Gasteiger partial charge in [0.2, 0.25) is 0 Å². The Morgan fingerprint density at radius 2 is 2.06 bits per heavy atom. The summed E-state index contributed by atoms with van der Waals surface area (Å²) >= 11 is 0. The minimum Gasteiger partial charge on any atom is -0.481 e. The molecular weight excluding hydrogens is 214 g/mol. The van der Waals surface area contributed by atoms with Gasteiger partial charge in [0.05, 0.1) is 6.42 Å². The lowest BCUT2D eigenvalue weighted by atomic mass is 9.44. The van der Waals surface area contributed by atoms with E-state index in [0.29, 0.717) is 24.8 Å². The SMILES string of the molecule is NCC1(CC(=O)O)C2CCCC3C4CC1C2C34. The number of rotatable bonds is 3. The lowest BCUT2D eigenvalue weighted by Crippen LogP contribution is -2.60. The maximum absolute atomic E-state index is 11.2. The summed E-state index contributed by atoms with van der Waals surface area (Å²) in [5.74, 6) is 4.44. The van der Waals surface area contributed by atoms with Crippen molar-refractivity contribution >= 4 is 5.97 Å². The van der Waals surface area contributed by atoms with Gasteiger partial charge >= 0.3 is 5.97 Å². The number of aliphatic carboxylic acids is 1. The molecule has 0 aromatic carbocycles. The van der Waals surface area contributed by atoms with Gasteiger partial charge in [0.1, 0.15) is 0 Å². The molecule has 0 bridgehead atoms. The zero-order valence-electron chi connectivity index (χ0n) is 10.1. The molecule has 3 heteroatoms. The minimum atomic E-state index is -0.643. The van der Waals surface area contributed by atoms with Crippen LogP contribution in [-0.2, 0) is 4.79 Å². The van der Waals surface area contributed by atoms with Gasteiger partial charge in [0.15, 0.2) is 0 Å². The fraction of sp³-hybridized carbons (Fsp3) is 0.929. The fourth-order valence-corrected chi connectivity index (χ4v) is 6.18. The summed E-state index contributed by atoms with van der Waals surface area (Å²) < 4.78 is 0. The number of carbonyl (C=O) groups is 1. The van der Waals surface area contributed by atoms with Crippen LogP contribution in [0.25, 0.3) is 0 Å². The Hall–Kier alpha value is -0.570. The molecule has 4 saturated carbocycles. The average Bonchev–Trinajstić information content (AvgIpc) is 2.83. The van der Waals surface area contributed by atoms with Gasteiger partial charge in [0, 0.05) is 0 Å². The Morgan fingerprint density at radius 1 is 1.24 bits per heavy atom. The van der Waals surface area contributed by atoms with Crippen molar-refractivity contribution in [1.29, 1.82) is 0 Å². The highest BCUT2D eigenvalue weighted by Gasteiger charge is 2.75. The molecule has 94 valence electrons. The highest BCUT2D eigenvalue weighted by atomic mass is 16.4. The minimum absolute atomic E-state index is 0.0290. The van der Waals surface area contributed by atoms with Crippen molar-refractivity contribution in [3.05, 3.63) is 0 Å². The topological polar surface area (TPSA) is 63.3 Å². The molecule has 0 amide bonds. The maximum atomic E-state index is 11.2. The monoisotopic (exact) mass is 235 g/mol. The normalized spacial score (nSPS) is 57.9. The van der Waals surface area contributed by atoms with Gasteiger partial charge in [-0.2, -0.15) is 0 Å². The van der Waals surface area contributed by atoms with Crippen LogP contribution in [0.3, 0.4) is 0 Å². The molecule has 0 spiro atoms. The summed E-state index contributed by atoms with van der Waals surface area (Å²) in [5, 5.41) is 9.18. The van der Waals surface area contributed by atoms with Crippen LogP contribution in [0.4, 0.5) is 0 Å². The van der Waals surface area contributed by atoms with Crippen molar-refractivity contribution in [3.63, 3.8) is 0 Å². The molecule has 0 aromatic heterocycles. The number of carboxylic acid groups (broad SMARTS) is 1. The van der Waals surface area contributed by atoms with E-state index in [4.69, 9.17) is 5.73 Å². The summed E-state index contributed by atoms with van der Waals surface area (Å²) in [5.41, 5.74) is 5.98. The molecule has 17 heavy (non-hydrogen) atoms. The molecule has 0 heterocycles. The van der Waals surface area contributed by atoms with Gasteiger partial charge in [-0.05, 0) is 66.7 Å². The Bertz CT molecular complexity index is 382. The summed E-state index contributed by atoms with van der Waals surface area (Å²) in [6.07, 6.45) is 5.57. The van der Waals surface area contributed by atoms with Crippen molar-refractivity contribution in [1.82, 2.24) is 0 Å². The van der Waals surface area contributed by atoms with Crippen LogP contribution in [0.1, 0.15) is 32.1 Å². The quantitative estimate of drug-likeness (QED) is 0.783. The van der Waals surface area contributed by atoms with Crippen molar-refractivity contribution in [2.75, 3.05) is 6.54 Å². The fourth-order valence-electron chi connectivity index (χ4n) is 6.18. The van der Waals surface area contributed by atoms with Crippen LogP contribution >= 0.6 is 0 Å². The number of carboxylic acids is 1. The smallest absolute Gasteiger partial charge is 0.303 e. The summed E-state index contributed by atoms with van der Waals surface area (Å²) in [6, 6.07) is 0. The second-order valence-corrected chi connectivity index (χ2v) is 6.87. The van der Waals surface area contributed by atoms with Gasteiger partial charge in [-0.3, -0.25) is 4.79 Å². The molecule has 4 aliphatic carbocycles. The number of nitrogens with two attached hydrogens (primary N) is 1. The number of fused-ring (bicyclic) bond motifs is 1. The van der Waals surface area contributed by atoms with Crippen LogP contribution in [-0.4, -0.2) is 17.6 Å². The molecule has 3 nitrogen and oxygen atoms in total. The van der Waals surface area contributed by atoms with Crippen LogP contribution in [0, 0.1) is 40.9 Å². The Kier molecular flexibility index (Phi) is 1.86. The van der Waals surface area contributed by atoms with Crippen molar-refractivity contribution < 1.29 is 9.90 Å². The maximum Gasteiger partial charge on any atom is 0.303 e. The van der Waals surface area contributed by atoms with E-state index in [9.17, 15) is 9.90 Å². The van der Waals surface area contributed by atoms with Gasteiger partial charge in [-0.15, -0.1) is 0 Å². The van der Waals surface area contributed by atoms with E-state index in [0.717, 1.165) is 23.7 Å². The predicted molar refractivity (Wildman–Crippen MR) is 63.1 cm³/mol. The molecule has 0 aliphatic heterocycles. The van der Waals surface area contributed by atoms with Gasteiger partial charge in [0.25, 0.3) is 0 Å². The van der Waals surface area contributed by atoms with E-state index < -0.39 is 5.97 Å². The molecule has 0 aromatic rings. The van der Waals surface area contributed by atoms with Crippen LogP contribution < -0.4 is 5.73 Å². The molecule has 4 aliphatic rings. The molecule has 3 N–H and O–H groups in total. The van der Waals surface area contributed by atoms with Gasteiger partial charge in [-0.25, -0.2) is 0 Å². The Morgan fingerprint density at radius 3 is 2.76 bits per heavy atom. The molecule has 0 radical (unpaired) electrons. The Labute approximate surface area is 102 Å². The van der Waals surface area contributed by atoms with E-state index in [1.165, 1.54) is 25.7 Å².